The van der Waals surface area contributed by atoms with Crippen LogP contribution in [-0.4, -0.2) is 10.8 Å². The molecule has 0 atom stereocenters. The molecule has 0 radical (unpaired) electrons. The van der Waals surface area contributed by atoms with Gasteiger partial charge in [0.25, 0.3) is 5.69 Å². The maximum Gasteiger partial charge on any atom is 0.269 e. The fourth-order valence-electron chi connectivity index (χ4n) is 1.75. The quantitative estimate of drug-likeness (QED) is 0.680. The van der Waals surface area contributed by atoms with E-state index >= 15 is 0 Å². The van der Waals surface area contributed by atoms with Crippen molar-refractivity contribution < 1.29 is 9.72 Å². The molecule has 0 aliphatic rings. The van der Waals surface area contributed by atoms with E-state index in [9.17, 15) is 14.9 Å². The molecule has 5 nitrogen and oxygen atoms in total. The lowest BCUT2D eigenvalue weighted by molar-refractivity contribution is -0.384. The number of hydrogen-bond acceptors (Lipinski definition) is 3. The molecule has 0 saturated carbocycles. The van der Waals surface area contributed by atoms with Crippen molar-refractivity contribution in [2.75, 3.05) is 5.32 Å². The van der Waals surface area contributed by atoms with E-state index in [2.05, 4.69) is 5.32 Å². The maximum absolute atomic E-state index is 11.9. The minimum Gasteiger partial charge on any atom is -0.326 e. The van der Waals surface area contributed by atoms with Crippen LogP contribution < -0.4 is 5.32 Å². The van der Waals surface area contributed by atoms with Gasteiger partial charge >= 0.3 is 0 Å². The zero-order valence-electron chi connectivity index (χ0n) is 10.7. The van der Waals surface area contributed by atoms with Crippen molar-refractivity contribution in [1.29, 1.82) is 0 Å². The standard InChI is InChI=1S/C14H10Cl2N2O3/c15-10-6-11(16)8-12(7-10)17-14(19)5-9-1-3-13(4-2-9)18(20)21/h1-4,6-8H,5H2,(H,17,19). The first-order valence-electron chi connectivity index (χ1n) is 5.93. The molecule has 0 spiro atoms. The van der Waals surface area contributed by atoms with Gasteiger partial charge in [-0.2, -0.15) is 0 Å². The van der Waals surface area contributed by atoms with Crippen LogP contribution in [-0.2, 0) is 11.2 Å². The Balaban J connectivity index is 2.02. The number of anilines is 1. The first kappa shape index (κ1) is 15.3. The SMILES string of the molecule is O=C(Cc1ccc([N+](=O)[O-])cc1)Nc1cc(Cl)cc(Cl)c1. The summed E-state index contributed by atoms with van der Waals surface area (Å²) in [7, 11) is 0. The summed E-state index contributed by atoms with van der Waals surface area (Å²) in [4.78, 5) is 21.9. The number of carbonyl (C=O) groups is 1. The summed E-state index contributed by atoms with van der Waals surface area (Å²) in [5.41, 5.74) is 1.16. The smallest absolute Gasteiger partial charge is 0.269 e. The van der Waals surface area contributed by atoms with Gasteiger partial charge in [0, 0.05) is 27.9 Å². The molecule has 2 aromatic carbocycles. The van der Waals surface area contributed by atoms with Gasteiger partial charge < -0.3 is 5.32 Å². The molecule has 0 fully saturated rings. The molecule has 2 aromatic rings. The van der Waals surface area contributed by atoms with Crippen LogP contribution in [0, 0.1) is 10.1 Å². The lowest BCUT2D eigenvalue weighted by Crippen LogP contribution is -2.14. The summed E-state index contributed by atoms with van der Waals surface area (Å²) in [5.74, 6) is -0.262. The Kier molecular flexibility index (Phi) is 4.77. The molecule has 21 heavy (non-hydrogen) atoms. The Morgan fingerprint density at radius 3 is 2.19 bits per heavy atom. The maximum atomic E-state index is 11.9. The molecular formula is C14H10Cl2N2O3. The largest absolute Gasteiger partial charge is 0.326 e. The van der Waals surface area contributed by atoms with Crippen molar-refractivity contribution in [3.8, 4) is 0 Å². The number of nitrogens with zero attached hydrogens (tertiary/aromatic N) is 1. The normalized spacial score (nSPS) is 10.2. The summed E-state index contributed by atoms with van der Waals surface area (Å²) >= 11 is 11.7. The van der Waals surface area contributed by atoms with E-state index in [1.165, 1.54) is 12.1 Å². The molecule has 1 amide bonds. The first-order chi connectivity index (χ1) is 9.94. The third-order valence-electron chi connectivity index (χ3n) is 2.66. The molecular weight excluding hydrogens is 315 g/mol. The second kappa shape index (κ2) is 6.56. The summed E-state index contributed by atoms with van der Waals surface area (Å²) in [5, 5.41) is 14.1. The third-order valence-corrected chi connectivity index (χ3v) is 3.09. The molecule has 2 rings (SSSR count). The highest BCUT2D eigenvalue weighted by atomic mass is 35.5. The van der Waals surface area contributed by atoms with E-state index < -0.39 is 4.92 Å². The Morgan fingerprint density at radius 1 is 1.10 bits per heavy atom. The number of rotatable bonds is 4. The minimum absolute atomic E-state index is 0.0132. The summed E-state index contributed by atoms with van der Waals surface area (Å²) in [6, 6.07) is 10.5. The van der Waals surface area contributed by atoms with Crippen LogP contribution in [0.1, 0.15) is 5.56 Å². The fraction of sp³-hybridized carbons (Fsp3) is 0.0714. The molecule has 1 N–H and O–H groups in total. The second-order valence-electron chi connectivity index (χ2n) is 4.31. The van der Waals surface area contributed by atoms with Crippen LogP contribution in [0.15, 0.2) is 42.5 Å². The van der Waals surface area contributed by atoms with Crippen molar-refractivity contribution in [1.82, 2.24) is 0 Å². The summed E-state index contributed by atoms with van der Waals surface area (Å²) < 4.78 is 0. The van der Waals surface area contributed by atoms with Gasteiger partial charge in [-0.1, -0.05) is 35.3 Å². The van der Waals surface area contributed by atoms with Crippen LogP contribution in [0.5, 0.6) is 0 Å². The average molecular weight is 325 g/mol. The average Bonchev–Trinajstić information content (AvgIpc) is 2.37. The van der Waals surface area contributed by atoms with Gasteiger partial charge in [-0.05, 0) is 23.8 Å². The number of nitro groups is 1. The molecule has 0 aliphatic heterocycles. The molecule has 0 heterocycles. The highest BCUT2D eigenvalue weighted by Crippen LogP contribution is 2.22. The molecule has 0 aliphatic carbocycles. The zero-order valence-corrected chi connectivity index (χ0v) is 12.2. The van der Waals surface area contributed by atoms with Crippen LogP contribution in [0.25, 0.3) is 0 Å². The molecule has 0 saturated heterocycles. The van der Waals surface area contributed by atoms with E-state index in [1.54, 1.807) is 30.3 Å². The molecule has 108 valence electrons. The predicted molar refractivity (Wildman–Crippen MR) is 81.9 cm³/mol. The van der Waals surface area contributed by atoms with Gasteiger partial charge in [-0.15, -0.1) is 0 Å². The topological polar surface area (TPSA) is 72.2 Å². The van der Waals surface area contributed by atoms with Crippen LogP contribution in [0.2, 0.25) is 10.0 Å². The van der Waals surface area contributed by atoms with E-state index in [0.29, 0.717) is 21.3 Å². The summed E-state index contributed by atoms with van der Waals surface area (Å²) in [6.07, 6.45) is 0.0993. The fourth-order valence-corrected chi connectivity index (χ4v) is 2.28. The van der Waals surface area contributed by atoms with Gasteiger partial charge in [-0.3, -0.25) is 14.9 Å². The summed E-state index contributed by atoms with van der Waals surface area (Å²) in [6.45, 7) is 0. The van der Waals surface area contributed by atoms with Crippen molar-refractivity contribution in [3.63, 3.8) is 0 Å². The van der Waals surface area contributed by atoms with E-state index in [-0.39, 0.29) is 18.0 Å². The Labute approximate surface area is 130 Å². The van der Waals surface area contributed by atoms with Crippen LogP contribution in [0.4, 0.5) is 11.4 Å². The number of amides is 1. The number of non-ortho nitro benzene ring substituents is 1. The number of nitro benzene ring substituents is 1. The monoisotopic (exact) mass is 324 g/mol. The van der Waals surface area contributed by atoms with Crippen molar-refractivity contribution in [2.45, 2.75) is 6.42 Å². The molecule has 0 unspecified atom stereocenters. The Hall–Kier alpha value is -2.11. The highest BCUT2D eigenvalue weighted by Gasteiger charge is 2.08. The van der Waals surface area contributed by atoms with Gasteiger partial charge in [-0.25, -0.2) is 0 Å². The number of hydrogen-bond donors (Lipinski definition) is 1. The minimum atomic E-state index is -0.488. The predicted octanol–water partition coefficient (Wildman–Crippen LogP) is 4.08. The first-order valence-corrected chi connectivity index (χ1v) is 6.69. The van der Waals surface area contributed by atoms with E-state index in [0.717, 1.165) is 0 Å². The van der Waals surface area contributed by atoms with Gasteiger partial charge in [0.05, 0.1) is 11.3 Å². The number of carbonyl (C=O) groups excluding carboxylic acids is 1. The van der Waals surface area contributed by atoms with E-state index in [1.807, 2.05) is 0 Å². The van der Waals surface area contributed by atoms with E-state index in [4.69, 9.17) is 23.2 Å². The number of nitrogens with one attached hydrogen (secondary N) is 1. The van der Waals surface area contributed by atoms with Gasteiger partial charge in [0.15, 0.2) is 0 Å². The molecule has 0 aromatic heterocycles. The lowest BCUT2D eigenvalue weighted by Gasteiger charge is -2.06. The lowest BCUT2D eigenvalue weighted by atomic mass is 10.1. The van der Waals surface area contributed by atoms with Crippen molar-refractivity contribution in [2.24, 2.45) is 0 Å². The zero-order chi connectivity index (χ0) is 15.4. The van der Waals surface area contributed by atoms with Crippen LogP contribution in [0.3, 0.4) is 0 Å². The van der Waals surface area contributed by atoms with Crippen LogP contribution >= 0.6 is 23.2 Å². The second-order valence-corrected chi connectivity index (χ2v) is 5.18. The third kappa shape index (κ3) is 4.44. The number of benzene rings is 2. The number of halogens is 2. The Bertz CT molecular complexity index is 667. The highest BCUT2D eigenvalue weighted by molar-refractivity contribution is 6.35. The van der Waals surface area contributed by atoms with Gasteiger partial charge in [0.2, 0.25) is 5.91 Å². The van der Waals surface area contributed by atoms with Gasteiger partial charge in [0.1, 0.15) is 0 Å². The molecule has 7 heteroatoms. The Morgan fingerprint density at radius 2 is 1.67 bits per heavy atom. The van der Waals surface area contributed by atoms with Crippen molar-refractivity contribution in [3.05, 3.63) is 68.2 Å². The van der Waals surface area contributed by atoms with Crippen molar-refractivity contribution >= 4 is 40.5 Å². The molecule has 0 bridgehead atoms.